The van der Waals surface area contributed by atoms with Crippen LogP contribution >= 0.6 is 0 Å². The normalized spacial score (nSPS) is 12.2. The molecule has 94 valence electrons. The fraction of sp³-hybridized carbons (Fsp3) is 0.267. The molecule has 0 aliphatic heterocycles. The smallest absolute Gasteiger partial charge is 0.123 e. The summed E-state index contributed by atoms with van der Waals surface area (Å²) in [4.78, 5) is 4.09. The molecule has 1 aromatic carbocycles. The minimum absolute atomic E-state index is 0.192. The molecule has 0 saturated heterocycles. The molecule has 0 radical (unpaired) electrons. The van der Waals surface area contributed by atoms with Crippen molar-refractivity contribution in [2.45, 2.75) is 19.9 Å². The first kappa shape index (κ1) is 12.6. The Morgan fingerprint density at radius 1 is 1.17 bits per heavy atom. The summed E-state index contributed by atoms with van der Waals surface area (Å²) in [6.07, 6.45) is 3.60. The highest BCUT2D eigenvalue weighted by molar-refractivity contribution is 5.44. The van der Waals surface area contributed by atoms with Crippen LogP contribution in [0.3, 0.4) is 0 Å². The first-order valence-electron chi connectivity index (χ1n) is 5.94. The molecule has 0 bridgehead atoms. The number of ether oxygens (including phenoxy) is 1. The van der Waals surface area contributed by atoms with E-state index >= 15 is 0 Å². The molecule has 2 N–H and O–H groups in total. The van der Waals surface area contributed by atoms with Crippen LogP contribution in [0.4, 0.5) is 0 Å². The van der Waals surface area contributed by atoms with Crippen LogP contribution in [-0.2, 0) is 0 Å². The van der Waals surface area contributed by atoms with E-state index in [1.807, 2.05) is 31.3 Å². The van der Waals surface area contributed by atoms with E-state index < -0.39 is 0 Å². The highest BCUT2D eigenvalue weighted by atomic mass is 16.5. The molecule has 2 aromatic rings. The predicted molar refractivity (Wildman–Crippen MR) is 72.7 cm³/mol. The van der Waals surface area contributed by atoms with Crippen molar-refractivity contribution >= 4 is 0 Å². The Hall–Kier alpha value is -1.87. The summed E-state index contributed by atoms with van der Waals surface area (Å²) in [6.45, 7) is 4.07. The maximum Gasteiger partial charge on any atom is 0.123 e. The summed E-state index contributed by atoms with van der Waals surface area (Å²) >= 11 is 0. The van der Waals surface area contributed by atoms with E-state index in [1.165, 1.54) is 5.56 Å². The van der Waals surface area contributed by atoms with Crippen molar-refractivity contribution < 1.29 is 4.74 Å². The number of benzene rings is 1. The van der Waals surface area contributed by atoms with E-state index in [1.54, 1.807) is 13.3 Å². The SMILES string of the molecule is COc1ccc(C)cc1C(N)c1ccncc1C. The minimum atomic E-state index is -0.192. The maximum absolute atomic E-state index is 6.35. The van der Waals surface area contributed by atoms with Gasteiger partial charge in [-0.05, 0) is 37.1 Å². The molecular weight excluding hydrogens is 224 g/mol. The predicted octanol–water partition coefficient (Wildman–Crippen LogP) is 2.76. The second-order valence-corrected chi connectivity index (χ2v) is 4.46. The van der Waals surface area contributed by atoms with E-state index in [0.29, 0.717) is 0 Å². The molecule has 0 aliphatic carbocycles. The largest absolute Gasteiger partial charge is 0.496 e. The third-order valence-corrected chi connectivity index (χ3v) is 3.12. The van der Waals surface area contributed by atoms with Gasteiger partial charge in [-0.1, -0.05) is 17.7 Å². The van der Waals surface area contributed by atoms with Gasteiger partial charge in [0.2, 0.25) is 0 Å². The Morgan fingerprint density at radius 2 is 1.94 bits per heavy atom. The van der Waals surface area contributed by atoms with Gasteiger partial charge in [0.1, 0.15) is 5.75 Å². The first-order chi connectivity index (χ1) is 8.63. The molecule has 0 amide bonds. The van der Waals surface area contributed by atoms with Crippen molar-refractivity contribution in [3.63, 3.8) is 0 Å². The van der Waals surface area contributed by atoms with Gasteiger partial charge in [-0.3, -0.25) is 4.98 Å². The van der Waals surface area contributed by atoms with Crippen LogP contribution in [-0.4, -0.2) is 12.1 Å². The summed E-state index contributed by atoms with van der Waals surface area (Å²) < 4.78 is 5.39. The monoisotopic (exact) mass is 242 g/mol. The number of hydrogen-bond donors (Lipinski definition) is 1. The van der Waals surface area contributed by atoms with E-state index in [-0.39, 0.29) is 6.04 Å². The van der Waals surface area contributed by atoms with Gasteiger partial charge < -0.3 is 10.5 Å². The average molecular weight is 242 g/mol. The molecule has 0 spiro atoms. The zero-order valence-corrected chi connectivity index (χ0v) is 11.0. The van der Waals surface area contributed by atoms with Crippen LogP contribution in [0, 0.1) is 13.8 Å². The molecule has 1 aromatic heterocycles. The van der Waals surface area contributed by atoms with Crippen molar-refractivity contribution in [2.24, 2.45) is 5.73 Å². The third kappa shape index (κ3) is 2.36. The summed E-state index contributed by atoms with van der Waals surface area (Å²) in [5.41, 5.74) is 10.7. The fourth-order valence-electron chi connectivity index (χ4n) is 2.10. The lowest BCUT2D eigenvalue weighted by Crippen LogP contribution is -2.14. The van der Waals surface area contributed by atoms with Crippen LogP contribution < -0.4 is 10.5 Å². The van der Waals surface area contributed by atoms with Gasteiger partial charge in [-0.2, -0.15) is 0 Å². The fourth-order valence-corrected chi connectivity index (χ4v) is 2.10. The second-order valence-electron chi connectivity index (χ2n) is 4.46. The molecule has 0 aliphatic rings. The van der Waals surface area contributed by atoms with Crippen LogP contribution in [0.1, 0.15) is 28.3 Å². The van der Waals surface area contributed by atoms with Crippen molar-refractivity contribution in [2.75, 3.05) is 7.11 Å². The molecule has 3 heteroatoms. The zero-order valence-electron chi connectivity index (χ0n) is 11.0. The Labute approximate surface area is 108 Å². The maximum atomic E-state index is 6.35. The number of aryl methyl sites for hydroxylation is 2. The summed E-state index contributed by atoms with van der Waals surface area (Å²) in [7, 11) is 1.67. The molecule has 1 heterocycles. The van der Waals surface area contributed by atoms with Gasteiger partial charge in [0.25, 0.3) is 0 Å². The number of methoxy groups -OCH3 is 1. The lowest BCUT2D eigenvalue weighted by molar-refractivity contribution is 0.407. The number of nitrogens with zero attached hydrogens (tertiary/aromatic N) is 1. The number of hydrogen-bond acceptors (Lipinski definition) is 3. The lowest BCUT2D eigenvalue weighted by atomic mass is 9.95. The van der Waals surface area contributed by atoms with Gasteiger partial charge in [0, 0.05) is 18.0 Å². The van der Waals surface area contributed by atoms with Crippen molar-refractivity contribution in [3.8, 4) is 5.75 Å². The second kappa shape index (κ2) is 5.19. The van der Waals surface area contributed by atoms with Gasteiger partial charge in [0.05, 0.1) is 13.2 Å². The van der Waals surface area contributed by atoms with E-state index in [2.05, 4.69) is 18.0 Å². The van der Waals surface area contributed by atoms with Crippen LogP contribution in [0.25, 0.3) is 0 Å². The van der Waals surface area contributed by atoms with Crippen molar-refractivity contribution in [1.82, 2.24) is 4.98 Å². The Balaban J connectivity index is 2.48. The topological polar surface area (TPSA) is 48.1 Å². The molecule has 1 atom stereocenters. The summed E-state index contributed by atoms with van der Waals surface area (Å²) in [5, 5.41) is 0. The van der Waals surface area contributed by atoms with Crippen LogP contribution in [0.15, 0.2) is 36.7 Å². The summed E-state index contributed by atoms with van der Waals surface area (Å²) in [5.74, 6) is 0.823. The van der Waals surface area contributed by atoms with Gasteiger partial charge in [0.15, 0.2) is 0 Å². The van der Waals surface area contributed by atoms with E-state index in [0.717, 1.165) is 22.4 Å². The highest BCUT2D eigenvalue weighted by Gasteiger charge is 2.15. The number of pyridine rings is 1. The first-order valence-corrected chi connectivity index (χ1v) is 5.94. The number of aromatic nitrogens is 1. The highest BCUT2D eigenvalue weighted by Crippen LogP contribution is 2.30. The van der Waals surface area contributed by atoms with E-state index in [9.17, 15) is 0 Å². The molecule has 1 unspecified atom stereocenters. The molecule has 0 fully saturated rings. The van der Waals surface area contributed by atoms with Crippen LogP contribution in [0.2, 0.25) is 0 Å². The molecule has 18 heavy (non-hydrogen) atoms. The Kier molecular flexibility index (Phi) is 3.63. The van der Waals surface area contributed by atoms with Gasteiger partial charge in [-0.15, -0.1) is 0 Å². The van der Waals surface area contributed by atoms with Gasteiger partial charge in [-0.25, -0.2) is 0 Å². The van der Waals surface area contributed by atoms with Crippen molar-refractivity contribution in [1.29, 1.82) is 0 Å². The quantitative estimate of drug-likeness (QED) is 0.900. The van der Waals surface area contributed by atoms with Crippen molar-refractivity contribution in [3.05, 3.63) is 58.9 Å². The standard InChI is InChI=1S/C15H18N2O/c1-10-4-5-14(18-3)13(8-10)15(16)12-6-7-17-9-11(12)2/h4-9,15H,16H2,1-3H3. The lowest BCUT2D eigenvalue weighted by Gasteiger charge is -2.18. The Bertz CT molecular complexity index is 552. The number of nitrogens with two attached hydrogens (primary N) is 1. The van der Waals surface area contributed by atoms with Gasteiger partial charge >= 0.3 is 0 Å². The Morgan fingerprint density at radius 3 is 2.61 bits per heavy atom. The molecular formula is C15H18N2O. The molecule has 2 rings (SSSR count). The van der Waals surface area contributed by atoms with E-state index in [4.69, 9.17) is 10.5 Å². The third-order valence-electron chi connectivity index (χ3n) is 3.12. The molecule has 0 saturated carbocycles. The zero-order chi connectivity index (χ0) is 13.1. The summed E-state index contributed by atoms with van der Waals surface area (Å²) in [6, 6.07) is 7.82. The average Bonchev–Trinajstić information content (AvgIpc) is 2.38. The molecule has 3 nitrogen and oxygen atoms in total. The number of rotatable bonds is 3. The minimum Gasteiger partial charge on any atom is -0.496 e. The van der Waals surface area contributed by atoms with Crippen LogP contribution in [0.5, 0.6) is 5.75 Å².